The maximum atomic E-state index is 12.6. The van der Waals surface area contributed by atoms with Crippen LogP contribution in [0.25, 0.3) is 0 Å². The van der Waals surface area contributed by atoms with E-state index in [0.717, 1.165) is 19.5 Å². The standard InChI is InChI=1S/C12H14B2F2N2/c1-2-8-6-18(7-8)12(13,14)10-5-3-4-9(17-10)11(15)16/h3-5,8,11H,2,6-7H2,1H3. The molecule has 1 aromatic rings. The van der Waals surface area contributed by atoms with Crippen molar-refractivity contribution in [3.8, 4) is 0 Å². The van der Waals surface area contributed by atoms with Gasteiger partial charge in [-0.05, 0) is 23.4 Å². The fraction of sp³-hybridized carbons (Fsp3) is 0.583. The first-order valence-corrected chi connectivity index (χ1v) is 6.03. The third-order valence-corrected chi connectivity index (χ3v) is 3.46. The Hall–Kier alpha value is -0.900. The third-order valence-electron chi connectivity index (χ3n) is 3.46. The van der Waals surface area contributed by atoms with Crippen LogP contribution in [0.4, 0.5) is 8.78 Å². The van der Waals surface area contributed by atoms with Crippen LogP contribution in [-0.2, 0) is 5.34 Å². The van der Waals surface area contributed by atoms with Crippen molar-refractivity contribution in [1.82, 2.24) is 9.88 Å². The average Bonchev–Trinajstić information content (AvgIpc) is 2.27. The molecule has 2 heterocycles. The van der Waals surface area contributed by atoms with Gasteiger partial charge >= 0.3 is 0 Å². The lowest BCUT2D eigenvalue weighted by molar-refractivity contribution is 0.0614. The fourth-order valence-electron chi connectivity index (χ4n) is 2.09. The molecule has 0 unspecified atom stereocenters. The molecule has 1 aliphatic heterocycles. The molecule has 18 heavy (non-hydrogen) atoms. The van der Waals surface area contributed by atoms with E-state index in [1.807, 2.05) is 4.90 Å². The normalized spacial score (nSPS) is 18.0. The minimum Gasteiger partial charge on any atom is -0.308 e. The fourth-order valence-corrected chi connectivity index (χ4v) is 2.09. The summed E-state index contributed by atoms with van der Waals surface area (Å²) in [5.74, 6) is 0.578. The zero-order chi connectivity index (χ0) is 13.3. The molecule has 6 heteroatoms. The molecule has 2 rings (SSSR count). The molecule has 1 fully saturated rings. The maximum Gasteiger partial charge on any atom is 0.280 e. The smallest absolute Gasteiger partial charge is 0.280 e. The van der Waals surface area contributed by atoms with Crippen molar-refractivity contribution < 1.29 is 8.78 Å². The Morgan fingerprint density at radius 2 is 2.11 bits per heavy atom. The average molecular weight is 246 g/mol. The summed E-state index contributed by atoms with van der Waals surface area (Å²) in [5, 5.41) is -1.27. The summed E-state index contributed by atoms with van der Waals surface area (Å²) in [6.07, 6.45) is -1.54. The second-order valence-corrected chi connectivity index (χ2v) is 4.75. The van der Waals surface area contributed by atoms with Crippen molar-refractivity contribution in [3.63, 3.8) is 0 Å². The number of halogens is 2. The van der Waals surface area contributed by atoms with Gasteiger partial charge < -0.3 is 4.90 Å². The van der Waals surface area contributed by atoms with Crippen LogP contribution < -0.4 is 0 Å². The molecule has 0 aliphatic carbocycles. The molecule has 1 saturated heterocycles. The molecule has 1 aliphatic rings. The summed E-state index contributed by atoms with van der Waals surface area (Å²) < 4.78 is 25.2. The summed E-state index contributed by atoms with van der Waals surface area (Å²) in [4.78, 5) is 5.72. The predicted octanol–water partition coefficient (Wildman–Crippen LogP) is 1.81. The van der Waals surface area contributed by atoms with E-state index in [2.05, 4.69) is 11.9 Å². The lowest BCUT2D eigenvalue weighted by atomic mass is 9.57. The third kappa shape index (κ3) is 2.44. The maximum absolute atomic E-state index is 12.6. The van der Waals surface area contributed by atoms with Crippen molar-refractivity contribution in [2.75, 3.05) is 13.1 Å². The van der Waals surface area contributed by atoms with Crippen molar-refractivity contribution in [2.24, 2.45) is 5.92 Å². The van der Waals surface area contributed by atoms with Crippen LogP contribution in [0.5, 0.6) is 0 Å². The molecular formula is C12H14B2F2N2. The minimum absolute atomic E-state index is 0.287. The number of aromatic nitrogens is 1. The summed E-state index contributed by atoms with van der Waals surface area (Å²) in [7, 11) is 12.1. The van der Waals surface area contributed by atoms with Crippen molar-refractivity contribution in [1.29, 1.82) is 0 Å². The van der Waals surface area contributed by atoms with E-state index in [9.17, 15) is 8.78 Å². The molecule has 0 spiro atoms. The van der Waals surface area contributed by atoms with Crippen LogP contribution in [0.2, 0.25) is 0 Å². The van der Waals surface area contributed by atoms with Gasteiger partial charge in [-0.15, -0.1) is 0 Å². The number of nitrogens with zero attached hydrogens (tertiary/aromatic N) is 2. The zero-order valence-corrected chi connectivity index (χ0v) is 10.3. The first-order valence-electron chi connectivity index (χ1n) is 6.03. The summed E-state index contributed by atoms with van der Waals surface area (Å²) in [6.45, 7) is 3.67. The zero-order valence-electron chi connectivity index (χ0n) is 10.3. The Bertz CT molecular complexity index is 420. The van der Waals surface area contributed by atoms with Gasteiger partial charge in [0.05, 0.1) is 15.7 Å². The van der Waals surface area contributed by atoms with Crippen molar-refractivity contribution in [3.05, 3.63) is 29.6 Å². The van der Waals surface area contributed by atoms with Crippen LogP contribution in [0.15, 0.2) is 18.2 Å². The van der Waals surface area contributed by atoms with Gasteiger partial charge in [0, 0.05) is 18.8 Å². The number of alkyl halides is 2. The van der Waals surface area contributed by atoms with Crippen LogP contribution in [0.3, 0.4) is 0 Å². The molecule has 4 radical (unpaired) electrons. The Kier molecular flexibility index (Phi) is 3.76. The summed E-state index contributed by atoms with van der Waals surface area (Å²) in [5.41, 5.74) is -0.00445. The molecule has 0 atom stereocenters. The summed E-state index contributed by atoms with van der Waals surface area (Å²) >= 11 is 0. The number of rotatable bonds is 4. The van der Waals surface area contributed by atoms with E-state index in [1.54, 1.807) is 6.07 Å². The highest BCUT2D eigenvalue weighted by Gasteiger charge is 2.37. The van der Waals surface area contributed by atoms with E-state index in [0.29, 0.717) is 5.92 Å². The van der Waals surface area contributed by atoms with Gasteiger partial charge in [0.2, 0.25) is 0 Å². The minimum atomic E-state index is -2.61. The molecule has 0 aromatic carbocycles. The molecule has 92 valence electrons. The summed E-state index contributed by atoms with van der Waals surface area (Å²) in [6, 6.07) is 4.37. The molecule has 0 N–H and O–H groups in total. The highest BCUT2D eigenvalue weighted by Crippen LogP contribution is 2.30. The molecular weight excluding hydrogens is 232 g/mol. The topological polar surface area (TPSA) is 16.1 Å². The Balaban J connectivity index is 2.17. The van der Waals surface area contributed by atoms with Crippen molar-refractivity contribution >= 4 is 15.7 Å². The monoisotopic (exact) mass is 246 g/mol. The lowest BCUT2D eigenvalue weighted by Gasteiger charge is -2.50. The highest BCUT2D eigenvalue weighted by molar-refractivity contribution is 6.39. The first kappa shape index (κ1) is 13.5. The Labute approximate surface area is 109 Å². The van der Waals surface area contributed by atoms with Gasteiger partial charge in [-0.1, -0.05) is 19.4 Å². The van der Waals surface area contributed by atoms with E-state index in [-0.39, 0.29) is 11.4 Å². The molecule has 2 nitrogen and oxygen atoms in total. The van der Waals surface area contributed by atoms with E-state index >= 15 is 0 Å². The van der Waals surface area contributed by atoms with Crippen LogP contribution in [-0.4, -0.2) is 38.7 Å². The Morgan fingerprint density at radius 3 is 2.67 bits per heavy atom. The number of hydrogen-bond donors (Lipinski definition) is 0. The van der Waals surface area contributed by atoms with E-state index in [4.69, 9.17) is 15.7 Å². The highest BCUT2D eigenvalue weighted by atomic mass is 19.3. The Morgan fingerprint density at radius 1 is 1.44 bits per heavy atom. The second kappa shape index (κ2) is 5.00. The van der Waals surface area contributed by atoms with Crippen molar-refractivity contribution in [2.45, 2.75) is 25.1 Å². The van der Waals surface area contributed by atoms with Gasteiger partial charge in [0.1, 0.15) is 5.69 Å². The van der Waals surface area contributed by atoms with E-state index < -0.39 is 11.8 Å². The number of hydrogen-bond acceptors (Lipinski definition) is 2. The quantitative estimate of drug-likeness (QED) is 0.753. The van der Waals surface area contributed by atoms with E-state index in [1.165, 1.54) is 12.1 Å². The van der Waals surface area contributed by atoms with Crippen LogP contribution in [0.1, 0.15) is 31.2 Å². The molecule has 1 aromatic heterocycles. The second-order valence-electron chi connectivity index (χ2n) is 4.75. The molecule has 0 saturated carbocycles. The molecule has 0 amide bonds. The first-order chi connectivity index (χ1) is 8.45. The van der Waals surface area contributed by atoms with Gasteiger partial charge in [-0.25, -0.2) is 8.78 Å². The van der Waals surface area contributed by atoms with Gasteiger partial charge in [0.25, 0.3) is 6.43 Å². The molecule has 0 bridgehead atoms. The number of pyridine rings is 1. The van der Waals surface area contributed by atoms with Gasteiger partial charge in [0.15, 0.2) is 0 Å². The van der Waals surface area contributed by atoms with Crippen LogP contribution >= 0.6 is 0 Å². The van der Waals surface area contributed by atoms with Crippen LogP contribution in [0, 0.1) is 5.92 Å². The van der Waals surface area contributed by atoms with Gasteiger partial charge in [-0.3, -0.25) is 4.98 Å². The SMILES string of the molecule is [B]C([B])(c1cccc(C(F)F)n1)N1CC(CC)C1. The lowest BCUT2D eigenvalue weighted by Crippen LogP contribution is -2.59. The largest absolute Gasteiger partial charge is 0.308 e. The number of likely N-dealkylation sites (tertiary alicyclic amines) is 1. The predicted molar refractivity (Wildman–Crippen MR) is 67.7 cm³/mol. The van der Waals surface area contributed by atoms with Gasteiger partial charge in [-0.2, -0.15) is 0 Å².